The van der Waals surface area contributed by atoms with Gasteiger partial charge < -0.3 is 9.30 Å². The van der Waals surface area contributed by atoms with Gasteiger partial charge in [-0.25, -0.2) is 10.4 Å². The van der Waals surface area contributed by atoms with Crippen molar-refractivity contribution in [2.45, 2.75) is 64.1 Å². The van der Waals surface area contributed by atoms with Gasteiger partial charge in [-0.05, 0) is 25.2 Å². The van der Waals surface area contributed by atoms with E-state index in [-0.39, 0.29) is 11.6 Å². The van der Waals surface area contributed by atoms with Gasteiger partial charge in [0.15, 0.2) is 0 Å². The minimum absolute atomic E-state index is 0.0585. The Labute approximate surface area is 121 Å². The van der Waals surface area contributed by atoms with Gasteiger partial charge in [0.1, 0.15) is 11.9 Å². The molecule has 1 saturated carbocycles. The summed E-state index contributed by atoms with van der Waals surface area (Å²) < 4.78 is 8.15. The smallest absolute Gasteiger partial charge is 0.130 e. The van der Waals surface area contributed by atoms with Crippen molar-refractivity contribution in [1.82, 2.24) is 15.0 Å². The molecular weight excluding hydrogens is 252 g/mol. The maximum Gasteiger partial charge on any atom is 0.130 e. The zero-order valence-electron chi connectivity index (χ0n) is 12.9. The van der Waals surface area contributed by atoms with Crippen LogP contribution in [0.1, 0.15) is 57.8 Å². The zero-order chi connectivity index (χ0) is 14.6. The summed E-state index contributed by atoms with van der Waals surface area (Å²) in [5, 5.41) is 0. The molecule has 1 aliphatic rings. The number of ether oxygens (including phenoxy) is 1. The number of methoxy groups -OCH3 is 1. The van der Waals surface area contributed by atoms with Gasteiger partial charge in [0, 0.05) is 26.0 Å². The van der Waals surface area contributed by atoms with Crippen LogP contribution in [0.2, 0.25) is 0 Å². The van der Waals surface area contributed by atoms with Gasteiger partial charge in [0.25, 0.3) is 0 Å². The second kappa shape index (κ2) is 6.70. The molecule has 5 heteroatoms. The summed E-state index contributed by atoms with van der Waals surface area (Å²) in [7, 11) is 1.80. The maximum atomic E-state index is 5.96. The van der Waals surface area contributed by atoms with Crippen LogP contribution in [0.5, 0.6) is 0 Å². The van der Waals surface area contributed by atoms with Crippen molar-refractivity contribution in [3.8, 4) is 0 Å². The Balaban J connectivity index is 2.31. The highest BCUT2D eigenvalue weighted by atomic mass is 16.5. The van der Waals surface area contributed by atoms with E-state index in [0.29, 0.717) is 5.92 Å². The first-order valence-electron chi connectivity index (χ1n) is 7.69. The Hall–Kier alpha value is -0.910. The largest absolute Gasteiger partial charge is 0.376 e. The summed E-state index contributed by atoms with van der Waals surface area (Å²) in [6, 6.07) is -0.0585. The van der Waals surface area contributed by atoms with Crippen molar-refractivity contribution in [1.29, 1.82) is 0 Å². The van der Waals surface area contributed by atoms with Crippen molar-refractivity contribution >= 4 is 0 Å². The Kier molecular flexibility index (Phi) is 5.18. The Morgan fingerprint density at radius 1 is 1.65 bits per heavy atom. The number of hydrogen-bond donors (Lipinski definition) is 2. The van der Waals surface area contributed by atoms with Gasteiger partial charge >= 0.3 is 0 Å². The molecule has 0 spiro atoms. The fourth-order valence-corrected chi connectivity index (χ4v) is 3.58. The second-order valence-corrected chi connectivity index (χ2v) is 6.05. The summed E-state index contributed by atoms with van der Waals surface area (Å²) in [4.78, 5) is 4.54. The molecule has 3 atom stereocenters. The molecule has 0 amide bonds. The number of nitrogens with two attached hydrogens (primary N) is 1. The van der Waals surface area contributed by atoms with Crippen molar-refractivity contribution in [3.05, 3.63) is 18.2 Å². The molecule has 114 valence electrons. The number of nitrogens with zero attached hydrogens (tertiary/aromatic N) is 2. The Bertz CT molecular complexity index is 420. The number of nitrogens with one attached hydrogen (secondary N) is 1. The predicted molar refractivity (Wildman–Crippen MR) is 80.0 cm³/mol. The molecule has 0 aromatic carbocycles. The minimum Gasteiger partial charge on any atom is -0.376 e. The van der Waals surface area contributed by atoms with Crippen LogP contribution in [0.15, 0.2) is 12.4 Å². The van der Waals surface area contributed by atoms with Crippen molar-refractivity contribution < 1.29 is 4.74 Å². The van der Waals surface area contributed by atoms with Crippen LogP contribution < -0.4 is 11.3 Å². The normalized spacial score (nSPS) is 28.5. The zero-order valence-corrected chi connectivity index (χ0v) is 12.9. The molecular formula is C15H28N4O. The number of aromatic nitrogens is 2. The highest BCUT2D eigenvalue weighted by Gasteiger charge is 2.44. The molecule has 1 aromatic heterocycles. The van der Waals surface area contributed by atoms with Crippen LogP contribution in [0.25, 0.3) is 0 Å². The topological polar surface area (TPSA) is 65.1 Å². The van der Waals surface area contributed by atoms with E-state index in [1.165, 1.54) is 12.8 Å². The molecule has 3 N–H and O–H groups in total. The number of rotatable bonds is 6. The summed E-state index contributed by atoms with van der Waals surface area (Å²) >= 11 is 0. The van der Waals surface area contributed by atoms with E-state index in [1.807, 2.05) is 12.4 Å². The third kappa shape index (κ3) is 2.90. The van der Waals surface area contributed by atoms with E-state index in [9.17, 15) is 0 Å². The van der Waals surface area contributed by atoms with Crippen molar-refractivity contribution in [3.63, 3.8) is 0 Å². The molecule has 1 aliphatic carbocycles. The van der Waals surface area contributed by atoms with Gasteiger partial charge in [0.05, 0.1) is 5.60 Å². The Morgan fingerprint density at radius 3 is 3.05 bits per heavy atom. The fourth-order valence-electron chi connectivity index (χ4n) is 3.58. The molecule has 5 nitrogen and oxygen atoms in total. The summed E-state index contributed by atoms with van der Waals surface area (Å²) in [5.41, 5.74) is 2.73. The van der Waals surface area contributed by atoms with Gasteiger partial charge in [-0.15, -0.1) is 0 Å². The average Bonchev–Trinajstić information content (AvgIpc) is 2.88. The Morgan fingerprint density at radius 2 is 2.45 bits per heavy atom. The maximum absolute atomic E-state index is 5.96. The average molecular weight is 280 g/mol. The molecule has 0 saturated heterocycles. The van der Waals surface area contributed by atoms with E-state index in [1.54, 1.807) is 7.11 Å². The van der Waals surface area contributed by atoms with Crippen LogP contribution in [-0.4, -0.2) is 22.3 Å². The van der Waals surface area contributed by atoms with Crippen LogP contribution in [0.3, 0.4) is 0 Å². The van der Waals surface area contributed by atoms with Crippen LogP contribution >= 0.6 is 0 Å². The molecule has 1 aromatic rings. The third-order valence-electron chi connectivity index (χ3n) is 4.56. The van der Waals surface area contributed by atoms with Gasteiger partial charge in [0.2, 0.25) is 0 Å². The lowest BCUT2D eigenvalue weighted by atomic mass is 9.74. The lowest BCUT2D eigenvalue weighted by Gasteiger charge is -2.43. The quantitative estimate of drug-likeness (QED) is 0.620. The van der Waals surface area contributed by atoms with Gasteiger partial charge in [-0.3, -0.25) is 5.84 Å². The van der Waals surface area contributed by atoms with Crippen LogP contribution in [-0.2, 0) is 11.3 Å². The number of hydrazine groups is 1. The standard InChI is InChI=1S/C15H28N4O/c1-4-9-19-10-8-17-14(19)13(18-16)15(20-3)7-5-6-12(2)11-15/h8,10,12-13,18H,4-7,9,11,16H2,1-3H3. The molecule has 3 unspecified atom stereocenters. The minimum atomic E-state index is -0.247. The molecule has 0 bridgehead atoms. The summed E-state index contributed by atoms with van der Waals surface area (Å²) in [5.74, 6) is 7.53. The summed E-state index contributed by atoms with van der Waals surface area (Å²) in [6.45, 7) is 5.42. The van der Waals surface area contributed by atoms with Gasteiger partial charge in [-0.2, -0.15) is 0 Å². The lowest BCUT2D eigenvalue weighted by Crippen LogP contribution is -2.51. The molecule has 20 heavy (non-hydrogen) atoms. The van der Waals surface area contributed by atoms with Crippen molar-refractivity contribution in [2.24, 2.45) is 11.8 Å². The third-order valence-corrected chi connectivity index (χ3v) is 4.56. The molecule has 2 rings (SSSR count). The van der Waals surface area contributed by atoms with E-state index >= 15 is 0 Å². The van der Waals surface area contributed by atoms with Crippen molar-refractivity contribution in [2.75, 3.05) is 7.11 Å². The lowest BCUT2D eigenvalue weighted by molar-refractivity contribution is -0.0832. The molecule has 1 fully saturated rings. The van der Waals surface area contributed by atoms with E-state index in [2.05, 4.69) is 28.8 Å². The molecule has 0 radical (unpaired) electrons. The first kappa shape index (κ1) is 15.5. The number of aryl methyl sites for hydroxylation is 1. The highest BCUT2D eigenvalue weighted by Crippen LogP contribution is 2.42. The first-order chi connectivity index (χ1) is 9.66. The van der Waals surface area contributed by atoms with E-state index in [4.69, 9.17) is 10.6 Å². The van der Waals surface area contributed by atoms with Crippen LogP contribution in [0.4, 0.5) is 0 Å². The fraction of sp³-hybridized carbons (Fsp3) is 0.800. The summed E-state index contributed by atoms with van der Waals surface area (Å²) in [6.07, 6.45) is 9.47. The van der Waals surface area contributed by atoms with E-state index in [0.717, 1.165) is 31.6 Å². The number of hydrogen-bond acceptors (Lipinski definition) is 4. The van der Waals surface area contributed by atoms with Crippen LogP contribution in [0, 0.1) is 5.92 Å². The predicted octanol–water partition coefficient (Wildman–Crippen LogP) is 2.39. The highest BCUT2D eigenvalue weighted by molar-refractivity contribution is 5.09. The second-order valence-electron chi connectivity index (χ2n) is 6.05. The first-order valence-corrected chi connectivity index (χ1v) is 7.69. The SMILES string of the molecule is CCCn1ccnc1C(NN)C1(OC)CCCC(C)C1. The van der Waals surface area contributed by atoms with Gasteiger partial charge in [-0.1, -0.05) is 26.7 Å². The van der Waals surface area contributed by atoms with E-state index < -0.39 is 0 Å². The monoisotopic (exact) mass is 280 g/mol. The molecule has 0 aliphatic heterocycles. The molecule has 1 heterocycles. The number of imidazole rings is 1.